The summed E-state index contributed by atoms with van der Waals surface area (Å²) in [6.07, 6.45) is 2.08. The zero-order valence-corrected chi connectivity index (χ0v) is 14.0. The molecule has 1 heterocycles. The van der Waals surface area contributed by atoms with Crippen LogP contribution in [0.2, 0.25) is 0 Å². The normalized spacial score (nSPS) is 17.1. The van der Waals surface area contributed by atoms with Gasteiger partial charge in [0.2, 0.25) is 5.91 Å². The van der Waals surface area contributed by atoms with Crippen molar-refractivity contribution < 1.29 is 14.3 Å². The standard InChI is InChI=1S/C15H20BrN3O3/c1-10-7-11(16)4-5-13(10)19-14(20)9-18-15(21)17-8-12-3-2-6-22-12/h4-5,7,12H,2-3,6,8-9H2,1H3,(H,19,20)(H2,17,18,21). The Morgan fingerprint density at radius 2 is 2.18 bits per heavy atom. The largest absolute Gasteiger partial charge is 0.376 e. The van der Waals surface area contributed by atoms with E-state index in [-0.39, 0.29) is 24.6 Å². The molecule has 1 unspecified atom stereocenters. The number of benzene rings is 1. The molecule has 0 aliphatic carbocycles. The van der Waals surface area contributed by atoms with E-state index in [0.29, 0.717) is 6.54 Å². The Hall–Kier alpha value is -1.60. The lowest BCUT2D eigenvalue weighted by atomic mass is 10.2. The van der Waals surface area contributed by atoms with Gasteiger partial charge in [0.25, 0.3) is 0 Å². The zero-order valence-electron chi connectivity index (χ0n) is 12.4. The molecule has 1 aromatic rings. The van der Waals surface area contributed by atoms with E-state index >= 15 is 0 Å². The van der Waals surface area contributed by atoms with Gasteiger partial charge in [0.15, 0.2) is 0 Å². The summed E-state index contributed by atoms with van der Waals surface area (Å²) in [6, 6.07) is 5.22. The minimum absolute atomic E-state index is 0.0765. The third-order valence-corrected chi connectivity index (χ3v) is 3.88. The Morgan fingerprint density at radius 3 is 2.86 bits per heavy atom. The van der Waals surface area contributed by atoms with E-state index in [9.17, 15) is 9.59 Å². The van der Waals surface area contributed by atoms with Crippen molar-refractivity contribution in [3.8, 4) is 0 Å². The van der Waals surface area contributed by atoms with Gasteiger partial charge >= 0.3 is 6.03 Å². The Balaban J connectivity index is 1.69. The average Bonchev–Trinajstić information content (AvgIpc) is 2.99. The van der Waals surface area contributed by atoms with Gasteiger partial charge in [0, 0.05) is 23.3 Å². The van der Waals surface area contributed by atoms with Crippen LogP contribution in [0.25, 0.3) is 0 Å². The van der Waals surface area contributed by atoms with Crippen molar-refractivity contribution in [1.82, 2.24) is 10.6 Å². The fraction of sp³-hybridized carbons (Fsp3) is 0.467. The van der Waals surface area contributed by atoms with Crippen molar-refractivity contribution in [2.24, 2.45) is 0 Å². The van der Waals surface area contributed by atoms with Crippen molar-refractivity contribution in [1.29, 1.82) is 0 Å². The van der Waals surface area contributed by atoms with Crippen LogP contribution in [-0.2, 0) is 9.53 Å². The summed E-state index contributed by atoms with van der Waals surface area (Å²) in [6.45, 7) is 3.05. The Kier molecular flexibility index (Phi) is 6.21. The highest BCUT2D eigenvalue weighted by molar-refractivity contribution is 9.10. The molecule has 2 rings (SSSR count). The molecule has 1 aromatic carbocycles. The number of hydrogen-bond acceptors (Lipinski definition) is 3. The molecule has 1 aliphatic heterocycles. The van der Waals surface area contributed by atoms with Gasteiger partial charge in [-0.3, -0.25) is 4.79 Å². The average molecular weight is 370 g/mol. The van der Waals surface area contributed by atoms with Gasteiger partial charge in [-0.2, -0.15) is 0 Å². The first-order chi connectivity index (χ1) is 10.5. The summed E-state index contributed by atoms with van der Waals surface area (Å²) in [7, 11) is 0. The molecule has 6 nitrogen and oxygen atoms in total. The number of rotatable bonds is 5. The van der Waals surface area contributed by atoms with Crippen LogP contribution in [0.1, 0.15) is 18.4 Å². The topological polar surface area (TPSA) is 79.5 Å². The maximum atomic E-state index is 11.8. The van der Waals surface area contributed by atoms with Gasteiger partial charge in [-0.05, 0) is 43.5 Å². The van der Waals surface area contributed by atoms with Crippen molar-refractivity contribution in [3.05, 3.63) is 28.2 Å². The van der Waals surface area contributed by atoms with E-state index < -0.39 is 0 Å². The molecule has 0 aromatic heterocycles. The van der Waals surface area contributed by atoms with E-state index in [0.717, 1.165) is 35.2 Å². The Labute approximate surface area is 138 Å². The first-order valence-corrected chi connectivity index (χ1v) is 8.03. The highest BCUT2D eigenvalue weighted by atomic mass is 79.9. The fourth-order valence-corrected chi connectivity index (χ4v) is 2.67. The maximum Gasteiger partial charge on any atom is 0.315 e. The number of hydrogen-bond donors (Lipinski definition) is 3. The van der Waals surface area contributed by atoms with Crippen LogP contribution in [-0.4, -0.2) is 37.7 Å². The zero-order chi connectivity index (χ0) is 15.9. The molecule has 1 atom stereocenters. The van der Waals surface area contributed by atoms with Crippen molar-refractivity contribution in [2.75, 3.05) is 25.0 Å². The van der Waals surface area contributed by atoms with E-state index in [1.54, 1.807) is 0 Å². The molecule has 120 valence electrons. The summed E-state index contributed by atoms with van der Waals surface area (Å²) in [5.41, 5.74) is 1.68. The summed E-state index contributed by atoms with van der Waals surface area (Å²) in [5.74, 6) is -0.266. The molecule has 22 heavy (non-hydrogen) atoms. The van der Waals surface area contributed by atoms with Crippen LogP contribution >= 0.6 is 15.9 Å². The monoisotopic (exact) mass is 369 g/mol. The molecule has 0 spiro atoms. The van der Waals surface area contributed by atoms with Crippen LogP contribution in [0, 0.1) is 6.92 Å². The quantitative estimate of drug-likeness (QED) is 0.743. The Bertz CT molecular complexity index is 545. The van der Waals surface area contributed by atoms with Crippen LogP contribution in [0.5, 0.6) is 0 Å². The van der Waals surface area contributed by atoms with Crippen molar-refractivity contribution in [2.45, 2.75) is 25.9 Å². The van der Waals surface area contributed by atoms with Crippen LogP contribution in [0.4, 0.5) is 10.5 Å². The minimum Gasteiger partial charge on any atom is -0.376 e. The predicted molar refractivity (Wildman–Crippen MR) is 87.9 cm³/mol. The van der Waals surface area contributed by atoms with E-state index in [4.69, 9.17) is 4.74 Å². The number of ether oxygens (including phenoxy) is 1. The summed E-state index contributed by atoms with van der Waals surface area (Å²) in [5, 5.41) is 8.00. The van der Waals surface area contributed by atoms with Crippen LogP contribution in [0.3, 0.4) is 0 Å². The number of anilines is 1. The first kappa shape index (κ1) is 16.8. The number of halogens is 1. The highest BCUT2D eigenvalue weighted by Gasteiger charge is 2.16. The number of amides is 3. The molecule has 3 amide bonds. The van der Waals surface area contributed by atoms with Crippen molar-refractivity contribution in [3.63, 3.8) is 0 Å². The van der Waals surface area contributed by atoms with Gasteiger partial charge in [-0.1, -0.05) is 15.9 Å². The third kappa shape index (κ3) is 5.31. The lowest BCUT2D eigenvalue weighted by Crippen LogP contribution is -2.42. The predicted octanol–water partition coefficient (Wildman–Crippen LogP) is 2.17. The number of carbonyl (C=O) groups is 2. The van der Waals surface area contributed by atoms with Gasteiger partial charge in [-0.15, -0.1) is 0 Å². The molecule has 7 heteroatoms. The number of urea groups is 1. The van der Waals surface area contributed by atoms with Gasteiger partial charge < -0.3 is 20.7 Å². The van der Waals surface area contributed by atoms with E-state index in [2.05, 4.69) is 31.9 Å². The third-order valence-electron chi connectivity index (χ3n) is 3.39. The molecular formula is C15H20BrN3O3. The molecule has 1 saturated heterocycles. The molecule has 1 aliphatic rings. The summed E-state index contributed by atoms with van der Waals surface area (Å²) >= 11 is 3.37. The summed E-state index contributed by atoms with van der Waals surface area (Å²) < 4.78 is 6.36. The Morgan fingerprint density at radius 1 is 1.36 bits per heavy atom. The number of carbonyl (C=O) groups excluding carboxylic acids is 2. The molecular weight excluding hydrogens is 350 g/mol. The van der Waals surface area contributed by atoms with E-state index in [1.165, 1.54) is 0 Å². The molecule has 3 N–H and O–H groups in total. The molecule has 1 fully saturated rings. The second kappa shape index (κ2) is 8.14. The first-order valence-electron chi connectivity index (χ1n) is 7.24. The SMILES string of the molecule is Cc1cc(Br)ccc1NC(=O)CNC(=O)NCC1CCCO1. The molecule has 0 saturated carbocycles. The number of nitrogens with one attached hydrogen (secondary N) is 3. The maximum absolute atomic E-state index is 11.8. The van der Waals surface area contributed by atoms with Gasteiger partial charge in [0.05, 0.1) is 12.6 Å². The lowest BCUT2D eigenvalue weighted by molar-refractivity contribution is -0.115. The minimum atomic E-state index is -0.363. The van der Waals surface area contributed by atoms with E-state index in [1.807, 2.05) is 25.1 Å². The smallest absolute Gasteiger partial charge is 0.315 e. The second-order valence-corrected chi connectivity index (χ2v) is 6.12. The van der Waals surface area contributed by atoms with Gasteiger partial charge in [-0.25, -0.2) is 4.79 Å². The fourth-order valence-electron chi connectivity index (χ4n) is 2.20. The van der Waals surface area contributed by atoms with Crippen LogP contribution in [0.15, 0.2) is 22.7 Å². The molecule has 0 bridgehead atoms. The van der Waals surface area contributed by atoms with Crippen molar-refractivity contribution >= 4 is 33.6 Å². The highest BCUT2D eigenvalue weighted by Crippen LogP contribution is 2.19. The summed E-state index contributed by atoms with van der Waals surface area (Å²) in [4.78, 5) is 23.4. The molecule has 0 radical (unpaired) electrons. The number of aryl methyl sites for hydroxylation is 1. The lowest BCUT2D eigenvalue weighted by Gasteiger charge is -2.12. The second-order valence-electron chi connectivity index (χ2n) is 5.21. The van der Waals surface area contributed by atoms with Gasteiger partial charge in [0.1, 0.15) is 0 Å². The van der Waals surface area contributed by atoms with Crippen LogP contribution < -0.4 is 16.0 Å².